The van der Waals surface area contributed by atoms with Crippen LogP contribution >= 0.6 is 11.8 Å². The van der Waals surface area contributed by atoms with Crippen LogP contribution in [0.1, 0.15) is 5.56 Å². The van der Waals surface area contributed by atoms with Crippen LogP contribution in [-0.4, -0.2) is 30.5 Å². The molecule has 0 bridgehead atoms. The maximum atomic E-state index is 11.7. The van der Waals surface area contributed by atoms with Crippen molar-refractivity contribution < 1.29 is 4.79 Å². The Morgan fingerprint density at radius 2 is 2.16 bits per heavy atom. The van der Waals surface area contributed by atoms with Gasteiger partial charge in [-0.1, -0.05) is 12.1 Å². The summed E-state index contributed by atoms with van der Waals surface area (Å²) in [7, 11) is 0. The monoisotopic (exact) mass is 275 g/mol. The normalized spacial score (nSPS) is 14.5. The molecule has 0 unspecified atom stereocenters. The zero-order valence-electron chi connectivity index (χ0n) is 10.7. The van der Waals surface area contributed by atoms with Gasteiger partial charge in [-0.25, -0.2) is 0 Å². The number of carbonyl (C=O) groups excluding carboxylic acids is 1. The molecule has 1 heterocycles. The zero-order chi connectivity index (χ0) is 13.5. The maximum absolute atomic E-state index is 11.7. The molecule has 2 N–H and O–H groups in total. The minimum atomic E-state index is 0.0327. The molecule has 1 amide bonds. The van der Waals surface area contributed by atoms with Crippen molar-refractivity contribution in [3.63, 3.8) is 0 Å². The number of benzene rings is 1. The van der Waals surface area contributed by atoms with E-state index in [1.54, 1.807) is 11.8 Å². The molecular weight excluding hydrogens is 258 g/mol. The fourth-order valence-electron chi connectivity index (χ4n) is 1.78. The average molecular weight is 275 g/mol. The van der Waals surface area contributed by atoms with Gasteiger partial charge in [0.1, 0.15) is 0 Å². The highest BCUT2D eigenvalue weighted by Crippen LogP contribution is 2.14. The van der Waals surface area contributed by atoms with Gasteiger partial charge in [-0.05, 0) is 42.5 Å². The highest BCUT2D eigenvalue weighted by Gasteiger charge is 2.16. The molecule has 1 aromatic carbocycles. The van der Waals surface area contributed by atoms with E-state index in [2.05, 4.69) is 16.7 Å². The SMILES string of the molecule is N#CCc1ccc(NC(=O)CSCC2CNC2)cc1. The minimum Gasteiger partial charge on any atom is -0.325 e. The fraction of sp³-hybridized carbons (Fsp3) is 0.429. The Morgan fingerprint density at radius 3 is 2.74 bits per heavy atom. The Balaban J connectivity index is 1.70. The van der Waals surface area contributed by atoms with Gasteiger partial charge in [0.25, 0.3) is 0 Å². The van der Waals surface area contributed by atoms with Crippen molar-refractivity contribution in [3.05, 3.63) is 29.8 Å². The zero-order valence-corrected chi connectivity index (χ0v) is 11.5. The second-order valence-corrected chi connectivity index (χ2v) is 5.65. The average Bonchev–Trinajstić information content (AvgIpc) is 2.35. The van der Waals surface area contributed by atoms with Crippen LogP contribution in [0.3, 0.4) is 0 Å². The first-order chi connectivity index (χ1) is 9.28. The molecule has 0 saturated carbocycles. The van der Waals surface area contributed by atoms with E-state index in [0.717, 1.165) is 36.0 Å². The van der Waals surface area contributed by atoms with Crippen LogP contribution in [0.2, 0.25) is 0 Å². The highest BCUT2D eigenvalue weighted by molar-refractivity contribution is 7.99. The standard InChI is InChI=1S/C14H17N3OS/c15-6-5-11-1-3-13(4-2-11)17-14(18)10-19-9-12-7-16-8-12/h1-4,12,16H,5,7-10H2,(H,17,18). The van der Waals surface area contributed by atoms with Gasteiger partial charge in [-0.15, -0.1) is 0 Å². The smallest absolute Gasteiger partial charge is 0.234 e. The number of nitrogens with zero attached hydrogens (tertiary/aromatic N) is 1. The first-order valence-corrected chi connectivity index (χ1v) is 7.47. The van der Waals surface area contributed by atoms with E-state index >= 15 is 0 Å². The van der Waals surface area contributed by atoms with Crippen molar-refractivity contribution in [1.29, 1.82) is 5.26 Å². The van der Waals surface area contributed by atoms with Gasteiger partial charge < -0.3 is 10.6 Å². The number of thioether (sulfide) groups is 1. The van der Waals surface area contributed by atoms with Gasteiger partial charge in [0.15, 0.2) is 0 Å². The number of rotatable bonds is 6. The summed E-state index contributed by atoms with van der Waals surface area (Å²) in [5.74, 6) is 2.30. The lowest BCUT2D eigenvalue weighted by atomic mass is 10.1. The summed E-state index contributed by atoms with van der Waals surface area (Å²) in [6.45, 7) is 2.16. The summed E-state index contributed by atoms with van der Waals surface area (Å²) < 4.78 is 0. The molecule has 1 saturated heterocycles. The molecule has 0 radical (unpaired) electrons. The predicted molar refractivity (Wildman–Crippen MR) is 78.1 cm³/mol. The van der Waals surface area contributed by atoms with E-state index in [-0.39, 0.29) is 5.91 Å². The van der Waals surface area contributed by atoms with Crippen LogP contribution in [0.15, 0.2) is 24.3 Å². The van der Waals surface area contributed by atoms with Gasteiger partial charge >= 0.3 is 0 Å². The van der Waals surface area contributed by atoms with Crippen LogP contribution in [0, 0.1) is 17.2 Å². The Labute approximate surface area is 117 Å². The predicted octanol–water partition coefficient (Wildman–Crippen LogP) is 1.64. The molecule has 1 aliphatic rings. The summed E-state index contributed by atoms with van der Waals surface area (Å²) >= 11 is 1.68. The van der Waals surface area contributed by atoms with E-state index in [9.17, 15) is 4.79 Å². The van der Waals surface area contributed by atoms with Crippen molar-refractivity contribution >= 4 is 23.4 Å². The fourth-order valence-corrected chi connectivity index (χ4v) is 2.72. The number of amides is 1. The van der Waals surface area contributed by atoms with Crippen LogP contribution < -0.4 is 10.6 Å². The Morgan fingerprint density at radius 1 is 1.42 bits per heavy atom. The van der Waals surface area contributed by atoms with Crippen molar-refractivity contribution in [3.8, 4) is 6.07 Å². The summed E-state index contributed by atoms with van der Waals surface area (Å²) in [6, 6.07) is 9.51. The van der Waals surface area contributed by atoms with Gasteiger partial charge in [-0.3, -0.25) is 4.79 Å². The largest absolute Gasteiger partial charge is 0.325 e. The number of hydrogen-bond acceptors (Lipinski definition) is 4. The van der Waals surface area contributed by atoms with Crippen LogP contribution in [-0.2, 0) is 11.2 Å². The highest BCUT2D eigenvalue weighted by atomic mass is 32.2. The molecule has 4 nitrogen and oxygen atoms in total. The summed E-state index contributed by atoms with van der Waals surface area (Å²) in [5.41, 5.74) is 1.75. The van der Waals surface area contributed by atoms with E-state index < -0.39 is 0 Å². The molecule has 0 aromatic heterocycles. The van der Waals surface area contributed by atoms with Crippen LogP contribution in [0.4, 0.5) is 5.69 Å². The molecule has 0 atom stereocenters. The third-order valence-electron chi connectivity index (χ3n) is 2.97. The molecule has 1 aliphatic heterocycles. The first kappa shape index (κ1) is 13.9. The Kier molecular flexibility index (Phi) is 5.25. The molecule has 1 fully saturated rings. The lowest BCUT2D eigenvalue weighted by Crippen LogP contribution is -2.43. The first-order valence-electron chi connectivity index (χ1n) is 6.32. The lowest BCUT2D eigenvalue weighted by molar-refractivity contribution is -0.113. The van der Waals surface area contributed by atoms with E-state index in [4.69, 9.17) is 5.26 Å². The van der Waals surface area contributed by atoms with Gasteiger partial charge in [-0.2, -0.15) is 17.0 Å². The van der Waals surface area contributed by atoms with Crippen molar-refractivity contribution in [1.82, 2.24) is 5.32 Å². The van der Waals surface area contributed by atoms with Crippen LogP contribution in [0.5, 0.6) is 0 Å². The molecule has 0 spiro atoms. The molecular formula is C14H17N3OS. The van der Waals surface area contributed by atoms with E-state index in [0.29, 0.717) is 12.2 Å². The topological polar surface area (TPSA) is 64.9 Å². The van der Waals surface area contributed by atoms with E-state index in [1.165, 1.54) is 0 Å². The maximum Gasteiger partial charge on any atom is 0.234 e. The van der Waals surface area contributed by atoms with Crippen molar-refractivity contribution in [2.24, 2.45) is 5.92 Å². The van der Waals surface area contributed by atoms with Gasteiger partial charge in [0, 0.05) is 5.69 Å². The van der Waals surface area contributed by atoms with Crippen molar-refractivity contribution in [2.45, 2.75) is 6.42 Å². The second-order valence-electron chi connectivity index (χ2n) is 4.62. The molecule has 5 heteroatoms. The summed E-state index contributed by atoms with van der Waals surface area (Å²) in [4.78, 5) is 11.7. The van der Waals surface area contributed by atoms with Crippen molar-refractivity contribution in [2.75, 3.05) is 29.9 Å². The summed E-state index contributed by atoms with van der Waals surface area (Å²) in [6.07, 6.45) is 0.402. The van der Waals surface area contributed by atoms with Gasteiger partial charge in [0.2, 0.25) is 5.91 Å². The molecule has 19 heavy (non-hydrogen) atoms. The minimum absolute atomic E-state index is 0.0327. The van der Waals surface area contributed by atoms with Crippen LogP contribution in [0.25, 0.3) is 0 Å². The number of hydrogen-bond donors (Lipinski definition) is 2. The number of anilines is 1. The Hall–Kier alpha value is -1.51. The quantitative estimate of drug-likeness (QED) is 0.828. The summed E-state index contributed by atoms with van der Waals surface area (Å²) in [5, 5.41) is 14.7. The Bertz CT molecular complexity index is 463. The third-order valence-corrected chi connectivity index (χ3v) is 4.15. The second kappa shape index (κ2) is 7.17. The lowest BCUT2D eigenvalue weighted by Gasteiger charge is -2.26. The molecule has 1 aromatic rings. The molecule has 0 aliphatic carbocycles. The molecule has 2 rings (SSSR count). The number of nitriles is 1. The van der Waals surface area contributed by atoms with E-state index in [1.807, 2.05) is 24.3 Å². The number of nitrogens with one attached hydrogen (secondary N) is 2. The third kappa shape index (κ3) is 4.58. The number of carbonyl (C=O) groups is 1. The van der Waals surface area contributed by atoms with Gasteiger partial charge in [0.05, 0.1) is 18.2 Å². The molecule has 100 valence electrons.